The summed E-state index contributed by atoms with van der Waals surface area (Å²) in [5.41, 5.74) is 2.18. The van der Waals surface area contributed by atoms with Crippen LogP contribution in [0.2, 0.25) is 0 Å². The predicted molar refractivity (Wildman–Crippen MR) is 124 cm³/mol. The largest absolute Gasteiger partial charge is 0.464 e. The second kappa shape index (κ2) is 8.59. The summed E-state index contributed by atoms with van der Waals surface area (Å²) in [6.07, 6.45) is 2.51. The number of pyridine rings is 3. The van der Waals surface area contributed by atoms with Crippen LogP contribution >= 0.6 is 0 Å². The van der Waals surface area contributed by atoms with Gasteiger partial charge in [0.2, 0.25) is 0 Å². The number of carbonyl (C=O) groups excluding carboxylic acids is 1. The Morgan fingerprint density at radius 3 is 2.39 bits per heavy atom. The molecular formula is C24H21N3O5S. The minimum absolute atomic E-state index is 0.0525. The number of esters is 1. The van der Waals surface area contributed by atoms with Gasteiger partial charge in [-0.2, -0.15) is 0 Å². The van der Waals surface area contributed by atoms with Crippen molar-refractivity contribution in [2.75, 3.05) is 13.4 Å². The van der Waals surface area contributed by atoms with Crippen LogP contribution in [0.1, 0.15) is 27.3 Å². The van der Waals surface area contributed by atoms with Gasteiger partial charge >= 0.3 is 5.97 Å². The van der Waals surface area contributed by atoms with Gasteiger partial charge in [-0.1, -0.05) is 24.3 Å². The van der Waals surface area contributed by atoms with Gasteiger partial charge in [0.05, 0.1) is 12.5 Å². The molecule has 0 aliphatic heterocycles. The average molecular weight is 464 g/mol. The highest BCUT2D eigenvalue weighted by molar-refractivity contribution is 7.90. The van der Waals surface area contributed by atoms with Crippen molar-refractivity contribution >= 4 is 26.8 Å². The van der Waals surface area contributed by atoms with Crippen molar-refractivity contribution in [2.45, 2.75) is 18.4 Å². The van der Waals surface area contributed by atoms with Crippen molar-refractivity contribution in [1.82, 2.24) is 14.5 Å². The van der Waals surface area contributed by atoms with Crippen LogP contribution in [0.3, 0.4) is 0 Å². The number of rotatable bonds is 5. The van der Waals surface area contributed by atoms with Gasteiger partial charge < -0.3 is 4.74 Å². The number of carbonyl (C=O) groups is 1. The predicted octanol–water partition coefficient (Wildman–Crippen LogP) is 2.87. The van der Waals surface area contributed by atoms with E-state index in [1.54, 1.807) is 29.7 Å². The zero-order valence-corrected chi connectivity index (χ0v) is 19.1. The molecule has 0 atom stereocenters. The fourth-order valence-electron chi connectivity index (χ4n) is 3.64. The zero-order chi connectivity index (χ0) is 23.8. The summed E-state index contributed by atoms with van der Waals surface area (Å²) in [6.45, 7) is 1.81. The van der Waals surface area contributed by atoms with E-state index in [0.29, 0.717) is 28.0 Å². The lowest BCUT2D eigenvalue weighted by molar-refractivity contribution is 0.0590. The maximum atomic E-state index is 13.5. The van der Waals surface area contributed by atoms with E-state index in [1.165, 1.54) is 19.4 Å². The lowest BCUT2D eigenvalue weighted by atomic mass is 10.0. The van der Waals surface area contributed by atoms with Gasteiger partial charge in [0.15, 0.2) is 20.3 Å². The van der Waals surface area contributed by atoms with Crippen LogP contribution < -0.4 is 5.43 Å². The minimum Gasteiger partial charge on any atom is -0.464 e. The fraction of sp³-hybridized carbons (Fsp3) is 0.167. The number of ether oxygens (including phenoxy) is 1. The molecule has 0 fully saturated rings. The number of para-hydroxylation sites is 1. The Labute approximate surface area is 190 Å². The molecule has 8 nitrogen and oxygen atoms in total. The van der Waals surface area contributed by atoms with E-state index in [1.807, 2.05) is 30.3 Å². The molecule has 0 amide bonds. The molecule has 9 heteroatoms. The first-order valence-electron chi connectivity index (χ1n) is 10.0. The van der Waals surface area contributed by atoms with Crippen molar-refractivity contribution in [3.05, 3.63) is 93.5 Å². The highest BCUT2D eigenvalue weighted by Crippen LogP contribution is 2.23. The number of fused-ring (bicyclic) bond motifs is 1. The van der Waals surface area contributed by atoms with E-state index >= 15 is 0 Å². The molecule has 0 N–H and O–H groups in total. The summed E-state index contributed by atoms with van der Waals surface area (Å²) in [5, 5.41) is 0.284. The molecule has 4 rings (SSSR count). The molecule has 168 valence electrons. The van der Waals surface area contributed by atoms with E-state index in [0.717, 1.165) is 6.26 Å². The van der Waals surface area contributed by atoms with Crippen LogP contribution in [0.4, 0.5) is 0 Å². The maximum Gasteiger partial charge on any atom is 0.355 e. The Morgan fingerprint density at radius 2 is 1.79 bits per heavy atom. The lowest BCUT2D eigenvalue weighted by Crippen LogP contribution is -2.25. The Bertz CT molecular complexity index is 1530. The second-order valence-electron chi connectivity index (χ2n) is 7.60. The summed E-state index contributed by atoms with van der Waals surface area (Å²) in [4.78, 5) is 35.1. The first-order chi connectivity index (χ1) is 15.7. The second-order valence-corrected chi connectivity index (χ2v) is 9.56. The average Bonchev–Trinajstić information content (AvgIpc) is 2.80. The summed E-state index contributed by atoms with van der Waals surface area (Å²) < 4.78 is 30.1. The summed E-state index contributed by atoms with van der Waals surface area (Å²) in [7, 11) is -2.21. The number of benzene rings is 1. The molecule has 1 aromatic carbocycles. The smallest absolute Gasteiger partial charge is 0.355 e. The van der Waals surface area contributed by atoms with Gasteiger partial charge in [-0.05, 0) is 42.8 Å². The molecule has 0 bridgehead atoms. The number of hydrogen-bond donors (Lipinski definition) is 0. The van der Waals surface area contributed by atoms with Crippen LogP contribution in [0.15, 0.2) is 70.6 Å². The molecule has 4 aromatic rings. The molecule has 0 radical (unpaired) electrons. The minimum atomic E-state index is -3.46. The molecule has 33 heavy (non-hydrogen) atoms. The van der Waals surface area contributed by atoms with Crippen LogP contribution in [0, 0.1) is 6.92 Å². The highest BCUT2D eigenvalue weighted by atomic mass is 32.2. The Kier molecular flexibility index (Phi) is 5.82. The normalized spacial score (nSPS) is 11.5. The number of hydrogen-bond acceptors (Lipinski definition) is 7. The standard InChI is InChI=1S/C24H21N3O5S/c1-15-9-11-18-22(28)19(13-16-10-12-20(25-14-16)33(3,30)31)21(24(29)32-2)27(23(18)26-15)17-7-5-4-6-8-17/h4-12,14H,13H2,1-3H3. The summed E-state index contributed by atoms with van der Waals surface area (Å²) in [5.74, 6) is -0.683. The monoisotopic (exact) mass is 463 g/mol. The molecule has 0 unspecified atom stereocenters. The van der Waals surface area contributed by atoms with Crippen LogP contribution in [-0.2, 0) is 21.0 Å². The van der Waals surface area contributed by atoms with Crippen LogP contribution in [-0.4, -0.2) is 42.3 Å². The lowest BCUT2D eigenvalue weighted by Gasteiger charge is -2.19. The third-order valence-corrected chi connectivity index (χ3v) is 6.21. The van der Waals surface area contributed by atoms with E-state index < -0.39 is 15.8 Å². The Morgan fingerprint density at radius 1 is 1.06 bits per heavy atom. The van der Waals surface area contributed by atoms with Gasteiger partial charge in [0.1, 0.15) is 11.3 Å². The quantitative estimate of drug-likeness (QED) is 0.419. The van der Waals surface area contributed by atoms with Crippen LogP contribution in [0.25, 0.3) is 16.7 Å². The molecule has 3 aromatic heterocycles. The fourth-order valence-corrected chi connectivity index (χ4v) is 4.20. The summed E-state index contributed by atoms with van der Waals surface area (Å²) in [6, 6.07) is 15.5. The van der Waals surface area contributed by atoms with Gasteiger partial charge in [0, 0.05) is 35.8 Å². The van der Waals surface area contributed by atoms with Gasteiger partial charge in [-0.3, -0.25) is 9.36 Å². The van der Waals surface area contributed by atoms with Gasteiger partial charge in [-0.25, -0.2) is 23.2 Å². The van der Waals surface area contributed by atoms with Gasteiger partial charge in [0.25, 0.3) is 0 Å². The number of aryl methyl sites for hydroxylation is 1. The van der Waals surface area contributed by atoms with Crippen molar-refractivity contribution in [3.63, 3.8) is 0 Å². The Balaban J connectivity index is 2.03. The third kappa shape index (κ3) is 4.27. The van der Waals surface area contributed by atoms with E-state index in [9.17, 15) is 18.0 Å². The summed E-state index contributed by atoms with van der Waals surface area (Å²) >= 11 is 0. The SMILES string of the molecule is COC(=O)c1c(Cc2ccc(S(C)(=O)=O)nc2)c(=O)c2ccc(C)nc2n1-c1ccccc1. The number of aromatic nitrogens is 3. The molecule has 0 saturated carbocycles. The maximum absolute atomic E-state index is 13.5. The number of methoxy groups -OCH3 is 1. The number of sulfone groups is 1. The molecule has 0 saturated heterocycles. The van der Waals surface area contributed by atoms with Crippen molar-refractivity contribution in [1.29, 1.82) is 0 Å². The van der Waals surface area contributed by atoms with Crippen LogP contribution in [0.5, 0.6) is 0 Å². The molecule has 0 spiro atoms. The zero-order valence-electron chi connectivity index (χ0n) is 18.3. The van der Waals surface area contributed by atoms with Crippen molar-refractivity contribution in [3.8, 4) is 5.69 Å². The van der Waals surface area contributed by atoms with E-state index in [-0.39, 0.29) is 28.1 Å². The molecular weight excluding hydrogens is 442 g/mol. The van der Waals surface area contributed by atoms with E-state index in [2.05, 4.69) is 9.97 Å². The van der Waals surface area contributed by atoms with Crippen molar-refractivity contribution < 1.29 is 17.9 Å². The van der Waals surface area contributed by atoms with Gasteiger partial charge in [-0.15, -0.1) is 0 Å². The first-order valence-corrected chi connectivity index (χ1v) is 11.9. The Hall–Kier alpha value is -3.85. The molecule has 3 heterocycles. The first kappa shape index (κ1) is 22.3. The highest BCUT2D eigenvalue weighted by Gasteiger charge is 2.25. The molecule has 0 aliphatic rings. The molecule has 0 aliphatic carbocycles. The van der Waals surface area contributed by atoms with E-state index in [4.69, 9.17) is 4.74 Å². The topological polar surface area (TPSA) is 108 Å². The number of nitrogens with zero attached hydrogens (tertiary/aromatic N) is 3. The third-order valence-electron chi connectivity index (χ3n) is 5.21. The van der Waals surface area contributed by atoms with Crippen molar-refractivity contribution in [2.24, 2.45) is 0 Å².